The number of aromatic nitrogens is 3. The number of hydrogen-bond acceptors (Lipinski definition) is 5. The molecule has 1 saturated heterocycles. The van der Waals surface area contributed by atoms with Gasteiger partial charge in [-0.1, -0.05) is 18.0 Å². The van der Waals surface area contributed by atoms with Gasteiger partial charge in [-0.15, -0.1) is 0 Å². The van der Waals surface area contributed by atoms with Crippen molar-refractivity contribution in [3.63, 3.8) is 0 Å². The zero-order valence-electron chi connectivity index (χ0n) is 16.2. The van der Waals surface area contributed by atoms with E-state index in [0.29, 0.717) is 36.5 Å². The minimum absolute atomic E-state index is 0.185. The summed E-state index contributed by atoms with van der Waals surface area (Å²) in [5.41, 5.74) is 1.27. The van der Waals surface area contributed by atoms with Crippen LogP contribution in [0.5, 0.6) is 0 Å². The average molecular weight is 418 g/mol. The summed E-state index contributed by atoms with van der Waals surface area (Å²) in [7, 11) is -3.72. The van der Waals surface area contributed by atoms with Crippen LogP contribution in [0.15, 0.2) is 52.1 Å². The zero-order chi connectivity index (χ0) is 20.4. The topological polar surface area (TPSA) is 81.2 Å². The Bertz CT molecular complexity index is 1080. The van der Waals surface area contributed by atoms with Gasteiger partial charge in [0.15, 0.2) is 5.76 Å². The van der Waals surface area contributed by atoms with E-state index >= 15 is 0 Å². The van der Waals surface area contributed by atoms with Gasteiger partial charge in [-0.25, -0.2) is 12.8 Å². The molecule has 0 amide bonds. The quantitative estimate of drug-likeness (QED) is 0.625. The van der Waals surface area contributed by atoms with Crippen molar-refractivity contribution in [2.45, 2.75) is 50.1 Å². The van der Waals surface area contributed by atoms with E-state index < -0.39 is 16.1 Å². The van der Waals surface area contributed by atoms with Crippen LogP contribution in [0.1, 0.15) is 44.4 Å². The molecule has 1 aliphatic rings. The second-order valence-corrected chi connectivity index (χ2v) is 9.02. The van der Waals surface area contributed by atoms with Crippen LogP contribution >= 0.6 is 0 Å². The predicted octanol–water partition coefficient (Wildman–Crippen LogP) is 4.00. The summed E-state index contributed by atoms with van der Waals surface area (Å²) < 4.78 is 48.5. The predicted molar refractivity (Wildman–Crippen MR) is 105 cm³/mol. The third-order valence-electron chi connectivity index (χ3n) is 5.24. The molecule has 7 nitrogen and oxygen atoms in total. The molecular formula is C20H23FN4O3S. The minimum atomic E-state index is -3.72. The van der Waals surface area contributed by atoms with E-state index in [4.69, 9.17) is 4.52 Å². The van der Waals surface area contributed by atoms with Crippen molar-refractivity contribution in [3.05, 3.63) is 54.3 Å². The molecule has 1 fully saturated rings. The second-order valence-electron chi connectivity index (χ2n) is 7.13. The molecule has 0 N–H and O–H groups in total. The molecule has 1 aliphatic heterocycles. The van der Waals surface area contributed by atoms with Gasteiger partial charge in [0.05, 0.1) is 12.2 Å². The van der Waals surface area contributed by atoms with Crippen molar-refractivity contribution in [1.29, 1.82) is 0 Å². The third kappa shape index (κ3) is 3.97. The van der Waals surface area contributed by atoms with Crippen molar-refractivity contribution < 1.29 is 17.3 Å². The SMILES string of the molecule is CCn1cc(S(=O)(=O)N2CCCCC[C@@H]2c2cc(-c3ccc(F)cc3)no2)cn1. The van der Waals surface area contributed by atoms with Crippen LogP contribution in [0.25, 0.3) is 11.3 Å². The Morgan fingerprint density at radius 3 is 2.72 bits per heavy atom. The maximum Gasteiger partial charge on any atom is 0.246 e. The second kappa shape index (κ2) is 8.08. The molecule has 0 radical (unpaired) electrons. The fraction of sp³-hybridized carbons (Fsp3) is 0.400. The molecule has 0 bridgehead atoms. The maximum atomic E-state index is 13.3. The van der Waals surface area contributed by atoms with E-state index in [1.807, 2.05) is 6.92 Å². The van der Waals surface area contributed by atoms with Crippen LogP contribution in [0.2, 0.25) is 0 Å². The highest BCUT2D eigenvalue weighted by Crippen LogP contribution is 2.36. The van der Waals surface area contributed by atoms with Crippen LogP contribution in [0.3, 0.4) is 0 Å². The third-order valence-corrected chi connectivity index (χ3v) is 7.10. The number of rotatable bonds is 5. The number of nitrogens with zero attached hydrogens (tertiary/aromatic N) is 4. The first-order chi connectivity index (χ1) is 14.0. The van der Waals surface area contributed by atoms with Gasteiger partial charge in [0, 0.05) is 30.9 Å². The Morgan fingerprint density at radius 1 is 1.21 bits per heavy atom. The smallest absolute Gasteiger partial charge is 0.246 e. The molecule has 1 atom stereocenters. The highest BCUT2D eigenvalue weighted by atomic mass is 32.2. The van der Waals surface area contributed by atoms with Crippen LogP contribution < -0.4 is 0 Å². The number of sulfonamides is 1. The first-order valence-electron chi connectivity index (χ1n) is 9.76. The van der Waals surface area contributed by atoms with E-state index in [1.54, 1.807) is 29.1 Å². The van der Waals surface area contributed by atoms with Crippen LogP contribution in [0, 0.1) is 5.82 Å². The van der Waals surface area contributed by atoms with Gasteiger partial charge < -0.3 is 4.52 Å². The highest BCUT2D eigenvalue weighted by molar-refractivity contribution is 7.89. The van der Waals surface area contributed by atoms with Crippen molar-refractivity contribution in [3.8, 4) is 11.3 Å². The van der Waals surface area contributed by atoms with Crippen LogP contribution in [0.4, 0.5) is 4.39 Å². The van der Waals surface area contributed by atoms with E-state index in [0.717, 1.165) is 19.3 Å². The summed E-state index contributed by atoms with van der Waals surface area (Å²) in [6.45, 7) is 2.92. The Labute approximate surface area is 169 Å². The molecule has 3 heterocycles. The fourth-order valence-electron chi connectivity index (χ4n) is 3.64. The summed E-state index contributed by atoms with van der Waals surface area (Å²) in [6.07, 6.45) is 6.25. The van der Waals surface area contributed by atoms with Crippen LogP contribution in [-0.2, 0) is 16.6 Å². The largest absolute Gasteiger partial charge is 0.359 e. The van der Waals surface area contributed by atoms with E-state index in [2.05, 4.69) is 10.3 Å². The monoisotopic (exact) mass is 418 g/mol. The van der Waals surface area contributed by atoms with Gasteiger partial charge in [-0.2, -0.15) is 9.40 Å². The van der Waals surface area contributed by atoms with Crippen molar-refractivity contribution >= 4 is 10.0 Å². The van der Waals surface area contributed by atoms with Gasteiger partial charge in [-0.3, -0.25) is 4.68 Å². The lowest BCUT2D eigenvalue weighted by atomic mass is 10.1. The maximum absolute atomic E-state index is 13.3. The average Bonchev–Trinajstić information content (AvgIpc) is 3.33. The number of benzene rings is 1. The van der Waals surface area contributed by atoms with E-state index in [1.165, 1.54) is 22.6 Å². The number of halogens is 1. The molecule has 4 rings (SSSR count). The lowest BCUT2D eigenvalue weighted by Gasteiger charge is -2.26. The van der Waals surface area contributed by atoms with Crippen LogP contribution in [-0.4, -0.2) is 34.2 Å². The van der Waals surface area contributed by atoms with E-state index in [-0.39, 0.29) is 10.7 Å². The first-order valence-corrected chi connectivity index (χ1v) is 11.2. The van der Waals surface area contributed by atoms with Crippen molar-refractivity contribution in [1.82, 2.24) is 19.2 Å². The Balaban J connectivity index is 1.68. The summed E-state index contributed by atoms with van der Waals surface area (Å²) in [6, 6.07) is 7.28. The van der Waals surface area contributed by atoms with Crippen molar-refractivity contribution in [2.24, 2.45) is 0 Å². The molecule has 0 spiro atoms. The molecule has 2 aromatic heterocycles. The molecule has 154 valence electrons. The number of aryl methyl sites for hydroxylation is 1. The zero-order valence-corrected chi connectivity index (χ0v) is 17.0. The summed E-state index contributed by atoms with van der Waals surface area (Å²) in [5, 5.41) is 8.21. The van der Waals surface area contributed by atoms with Gasteiger partial charge >= 0.3 is 0 Å². The van der Waals surface area contributed by atoms with Gasteiger partial charge in [-0.05, 0) is 44.0 Å². The normalized spacial score (nSPS) is 18.6. The van der Waals surface area contributed by atoms with E-state index in [9.17, 15) is 12.8 Å². The lowest BCUT2D eigenvalue weighted by Crippen LogP contribution is -2.34. The molecule has 1 aromatic carbocycles. The van der Waals surface area contributed by atoms with Gasteiger partial charge in [0.2, 0.25) is 10.0 Å². The summed E-state index contributed by atoms with van der Waals surface area (Å²) in [5.74, 6) is 0.170. The fourth-order valence-corrected chi connectivity index (χ4v) is 5.26. The summed E-state index contributed by atoms with van der Waals surface area (Å²) in [4.78, 5) is 0.185. The molecule has 0 saturated carbocycles. The van der Waals surface area contributed by atoms with Crippen molar-refractivity contribution in [2.75, 3.05) is 6.54 Å². The highest BCUT2D eigenvalue weighted by Gasteiger charge is 2.36. The van der Waals surface area contributed by atoms with Gasteiger partial charge in [0.1, 0.15) is 16.4 Å². The Morgan fingerprint density at radius 2 is 2.00 bits per heavy atom. The first kappa shape index (κ1) is 19.8. The molecular weight excluding hydrogens is 395 g/mol. The summed E-state index contributed by atoms with van der Waals surface area (Å²) >= 11 is 0. The minimum Gasteiger partial charge on any atom is -0.359 e. The Hall–Kier alpha value is -2.52. The molecule has 9 heteroatoms. The lowest BCUT2D eigenvalue weighted by molar-refractivity contribution is 0.259. The molecule has 3 aromatic rings. The van der Waals surface area contributed by atoms with Gasteiger partial charge in [0.25, 0.3) is 0 Å². The molecule has 0 aliphatic carbocycles. The number of hydrogen-bond donors (Lipinski definition) is 0. The molecule has 29 heavy (non-hydrogen) atoms. The standard InChI is InChI=1S/C20H23FN4O3S/c1-2-24-14-17(13-22-24)29(26,27)25-11-5-3-4-6-19(25)20-12-18(23-28-20)15-7-9-16(21)10-8-15/h7-10,12-14,19H,2-6,11H2,1H3/t19-/m1/s1. The molecule has 0 unspecified atom stereocenters. The Kier molecular flexibility index (Phi) is 5.51.